The van der Waals surface area contributed by atoms with Crippen LogP contribution in [0, 0.1) is 27.7 Å². The van der Waals surface area contributed by atoms with Crippen LogP contribution in [-0.4, -0.2) is 19.0 Å². The van der Waals surface area contributed by atoms with Crippen molar-refractivity contribution in [3.63, 3.8) is 0 Å². The van der Waals surface area contributed by atoms with Gasteiger partial charge in [0.25, 0.3) is 0 Å². The minimum atomic E-state index is 0.922. The van der Waals surface area contributed by atoms with Crippen molar-refractivity contribution in [1.82, 2.24) is 4.90 Å². The van der Waals surface area contributed by atoms with Gasteiger partial charge in [-0.15, -0.1) is 0 Å². The molecular weight excluding hydrogens is 314 g/mol. The quantitative estimate of drug-likeness (QED) is 0.536. The van der Waals surface area contributed by atoms with Gasteiger partial charge in [0.05, 0.1) is 0 Å². The molecule has 0 saturated heterocycles. The summed E-state index contributed by atoms with van der Waals surface area (Å²) in [6.07, 6.45) is 0. The molecule has 0 spiro atoms. The van der Waals surface area contributed by atoms with Crippen LogP contribution in [0.1, 0.15) is 27.8 Å². The molecule has 0 aromatic heterocycles. The molecule has 0 N–H and O–H groups in total. The van der Waals surface area contributed by atoms with Gasteiger partial charge in [0.15, 0.2) is 0 Å². The van der Waals surface area contributed by atoms with Gasteiger partial charge in [0.2, 0.25) is 0 Å². The molecule has 0 heterocycles. The van der Waals surface area contributed by atoms with Crippen molar-refractivity contribution in [3.05, 3.63) is 82.4 Å². The predicted octanol–water partition coefficient (Wildman–Crippen LogP) is 6.32. The number of hydrogen-bond acceptors (Lipinski definition) is 1. The molecule has 1 heteroatoms. The Kier molecular flexibility index (Phi) is 5.29. The van der Waals surface area contributed by atoms with Crippen molar-refractivity contribution in [2.75, 3.05) is 14.1 Å². The average molecular weight is 344 g/mol. The minimum Gasteiger partial charge on any atom is -0.305 e. The number of rotatable bonds is 4. The van der Waals surface area contributed by atoms with Crippen LogP contribution in [0.25, 0.3) is 22.3 Å². The zero-order chi connectivity index (χ0) is 18.8. The third-order valence-corrected chi connectivity index (χ3v) is 4.72. The Labute approximate surface area is 158 Å². The first-order valence-electron chi connectivity index (χ1n) is 9.27. The summed E-state index contributed by atoms with van der Waals surface area (Å²) in [5, 5.41) is 0. The van der Waals surface area contributed by atoms with E-state index in [9.17, 15) is 0 Å². The Bertz CT molecular complexity index is 825. The lowest BCUT2D eigenvalue weighted by atomic mass is 9.89. The van der Waals surface area contributed by atoms with E-state index < -0.39 is 0 Å². The molecule has 0 aliphatic rings. The van der Waals surface area contributed by atoms with E-state index in [1.54, 1.807) is 0 Å². The molecule has 0 unspecified atom stereocenters. The number of benzene rings is 3. The summed E-state index contributed by atoms with van der Waals surface area (Å²) in [4.78, 5) is 2.26. The molecule has 0 radical (unpaired) electrons. The fourth-order valence-electron chi connectivity index (χ4n) is 3.87. The molecule has 0 aliphatic heterocycles. The maximum atomic E-state index is 2.30. The molecule has 0 saturated carbocycles. The lowest BCUT2D eigenvalue weighted by Gasteiger charge is -2.20. The van der Waals surface area contributed by atoms with Crippen LogP contribution in [-0.2, 0) is 6.54 Å². The molecule has 0 bridgehead atoms. The van der Waals surface area contributed by atoms with Crippen molar-refractivity contribution in [1.29, 1.82) is 0 Å². The SMILES string of the molecule is Cc1cc(C)cc(-c2cccc(-c3cc(C)cc(C)c3)c2CN(C)C)c1. The molecule has 3 aromatic carbocycles. The number of nitrogens with zero attached hydrogens (tertiary/aromatic N) is 1. The highest BCUT2D eigenvalue weighted by atomic mass is 15.0. The van der Waals surface area contributed by atoms with E-state index in [4.69, 9.17) is 0 Å². The smallest absolute Gasteiger partial charge is 0.0239 e. The summed E-state index contributed by atoms with van der Waals surface area (Å²) in [5.41, 5.74) is 11.9. The molecule has 3 aromatic rings. The van der Waals surface area contributed by atoms with Crippen LogP contribution in [0.3, 0.4) is 0 Å². The lowest BCUT2D eigenvalue weighted by Crippen LogP contribution is -2.12. The van der Waals surface area contributed by atoms with Gasteiger partial charge in [0.1, 0.15) is 0 Å². The second-order valence-electron chi connectivity index (χ2n) is 7.82. The fourth-order valence-corrected chi connectivity index (χ4v) is 3.87. The number of aryl methyl sites for hydroxylation is 4. The average Bonchev–Trinajstić information content (AvgIpc) is 2.52. The highest BCUT2D eigenvalue weighted by molar-refractivity contribution is 5.79. The Morgan fingerprint density at radius 2 is 1.00 bits per heavy atom. The van der Waals surface area contributed by atoms with E-state index in [-0.39, 0.29) is 0 Å². The molecular formula is C25H29N. The van der Waals surface area contributed by atoms with Crippen molar-refractivity contribution in [3.8, 4) is 22.3 Å². The van der Waals surface area contributed by atoms with E-state index in [0.717, 1.165) is 6.54 Å². The maximum Gasteiger partial charge on any atom is 0.0239 e. The number of hydrogen-bond donors (Lipinski definition) is 0. The second-order valence-corrected chi connectivity index (χ2v) is 7.82. The highest BCUT2D eigenvalue weighted by Crippen LogP contribution is 2.34. The summed E-state index contributed by atoms with van der Waals surface area (Å²) in [7, 11) is 4.28. The Morgan fingerprint density at radius 3 is 1.35 bits per heavy atom. The van der Waals surface area contributed by atoms with Crippen LogP contribution in [0.5, 0.6) is 0 Å². The second kappa shape index (κ2) is 7.47. The normalized spacial score (nSPS) is 11.2. The van der Waals surface area contributed by atoms with Gasteiger partial charge in [-0.05, 0) is 69.6 Å². The molecule has 26 heavy (non-hydrogen) atoms. The minimum absolute atomic E-state index is 0.922. The van der Waals surface area contributed by atoms with E-state index in [1.807, 2.05) is 0 Å². The zero-order valence-electron chi connectivity index (χ0n) is 16.9. The van der Waals surface area contributed by atoms with Crippen molar-refractivity contribution in [2.45, 2.75) is 34.2 Å². The van der Waals surface area contributed by atoms with Gasteiger partial charge >= 0.3 is 0 Å². The largest absolute Gasteiger partial charge is 0.305 e. The van der Waals surface area contributed by atoms with E-state index in [0.29, 0.717) is 0 Å². The monoisotopic (exact) mass is 343 g/mol. The topological polar surface area (TPSA) is 3.24 Å². The Morgan fingerprint density at radius 1 is 0.615 bits per heavy atom. The van der Waals surface area contributed by atoms with Gasteiger partial charge in [-0.3, -0.25) is 0 Å². The lowest BCUT2D eigenvalue weighted by molar-refractivity contribution is 0.403. The van der Waals surface area contributed by atoms with Gasteiger partial charge in [-0.25, -0.2) is 0 Å². The summed E-state index contributed by atoms with van der Waals surface area (Å²) < 4.78 is 0. The van der Waals surface area contributed by atoms with Crippen LogP contribution in [0.4, 0.5) is 0 Å². The van der Waals surface area contributed by atoms with E-state index >= 15 is 0 Å². The van der Waals surface area contributed by atoms with Gasteiger partial charge in [-0.1, -0.05) is 76.9 Å². The first kappa shape index (κ1) is 18.4. The van der Waals surface area contributed by atoms with Crippen LogP contribution < -0.4 is 0 Å². The van der Waals surface area contributed by atoms with Crippen molar-refractivity contribution < 1.29 is 0 Å². The van der Waals surface area contributed by atoms with Crippen LogP contribution >= 0.6 is 0 Å². The van der Waals surface area contributed by atoms with Crippen LogP contribution in [0.15, 0.2) is 54.6 Å². The molecule has 0 atom stereocenters. The molecule has 0 fully saturated rings. The summed E-state index contributed by atoms with van der Waals surface area (Å²) >= 11 is 0. The Hall–Kier alpha value is -2.38. The molecule has 3 rings (SSSR count). The molecule has 134 valence electrons. The molecule has 0 aliphatic carbocycles. The summed E-state index contributed by atoms with van der Waals surface area (Å²) in [6, 6.07) is 20.4. The third kappa shape index (κ3) is 4.05. The molecule has 0 amide bonds. The van der Waals surface area contributed by atoms with Crippen molar-refractivity contribution >= 4 is 0 Å². The van der Waals surface area contributed by atoms with E-state index in [1.165, 1.54) is 50.1 Å². The van der Waals surface area contributed by atoms with Crippen LogP contribution in [0.2, 0.25) is 0 Å². The first-order chi connectivity index (χ1) is 12.3. The highest BCUT2D eigenvalue weighted by Gasteiger charge is 2.14. The Balaban J connectivity index is 2.25. The van der Waals surface area contributed by atoms with Gasteiger partial charge in [-0.2, -0.15) is 0 Å². The first-order valence-corrected chi connectivity index (χ1v) is 9.27. The molecule has 1 nitrogen and oxygen atoms in total. The fraction of sp³-hybridized carbons (Fsp3) is 0.280. The van der Waals surface area contributed by atoms with Gasteiger partial charge in [0, 0.05) is 6.54 Å². The maximum absolute atomic E-state index is 2.30. The third-order valence-electron chi connectivity index (χ3n) is 4.72. The predicted molar refractivity (Wildman–Crippen MR) is 114 cm³/mol. The zero-order valence-corrected chi connectivity index (χ0v) is 16.9. The van der Waals surface area contributed by atoms with Crippen molar-refractivity contribution in [2.24, 2.45) is 0 Å². The van der Waals surface area contributed by atoms with Gasteiger partial charge < -0.3 is 4.90 Å². The summed E-state index contributed by atoms with van der Waals surface area (Å²) in [6.45, 7) is 9.63. The van der Waals surface area contributed by atoms with E-state index in [2.05, 4.69) is 101 Å². The summed E-state index contributed by atoms with van der Waals surface area (Å²) in [5.74, 6) is 0. The standard InChI is InChI=1S/C25H29N/c1-17-10-18(2)13-21(12-17)23-8-7-9-24(25(23)16-26(5)6)22-14-19(3)11-20(4)15-22/h7-15H,16H2,1-6H3.